The summed E-state index contributed by atoms with van der Waals surface area (Å²) in [4.78, 5) is 14.7. The molecular formula is C43H26N4O. The SMILES string of the molecule is c1ccc(-c2nc(-c3ccccc3)nc(-c3ccc(-n4c5ccccc5c5cc6oc7cc8ccccc8cc7c6cc54)cc3)n2)cc1. The molecule has 0 N–H and O–H groups in total. The lowest BCUT2D eigenvalue weighted by atomic mass is 10.1. The van der Waals surface area contributed by atoms with Crippen LogP contribution in [0.15, 0.2) is 162 Å². The first-order chi connectivity index (χ1) is 23.8. The maximum absolute atomic E-state index is 6.45. The van der Waals surface area contributed by atoms with Crippen molar-refractivity contribution in [2.75, 3.05) is 0 Å². The fourth-order valence-corrected chi connectivity index (χ4v) is 6.90. The van der Waals surface area contributed by atoms with Crippen LogP contribution in [0.25, 0.3) is 94.4 Å². The van der Waals surface area contributed by atoms with Crippen molar-refractivity contribution >= 4 is 54.5 Å². The molecule has 10 aromatic rings. The molecule has 10 rings (SSSR count). The van der Waals surface area contributed by atoms with E-state index in [0.29, 0.717) is 17.5 Å². The molecule has 0 bridgehead atoms. The number of hydrogen-bond donors (Lipinski definition) is 0. The van der Waals surface area contributed by atoms with Crippen molar-refractivity contribution in [2.24, 2.45) is 0 Å². The normalized spacial score (nSPS) is 11.8. The minimum Gasteiger partial charge on any atom is -0.456 e. The van der Waals surface area contributed by atoms with Crippen LogP contribution in [-0.2, 0) is 0 Å². The molecule has 0 aliphatic rings. The average Bonchev–Trinajstić information content (AvgIpc) is 3.67. The van der Waals surface area contributed by atoms with Crippen molar-refractivity contribution in [1.82, 2.24) is 19.5 Å². The molecule has 0 saturated heterocycles. The molecule has 0 atom stereocenters. The summed E-state index contributed by atoms with van der Waals surface area (Å²) < 4.78 is 8.79. The molecule has 5 nitrogen and oxygen atoms in total. The maximum atomic E-state index is 6.45. The standard InChI is InChI=1S/C43H26N4O/c1-3-11-27(12-4-1)41-44-42(28-13-5-2-6-14-28)46-43(45-41)29-19-21-32(22-20-29)47-37-18-10-9-17-33(37)34-26-40-36(25-38(34)47)35-23-30-15-7-8-16-31(30)24-39(35)48-40/h1-26H. The van der Waals surface area contributed by atoms with E-state index < -0.39 is 0 Å². The zero-order valence-electron chi connectivity index (χ0n) is 25.7. The third kappa shape index (κ3) is 4.22. The summed E-state index contributed by atoms with van der Waals surface area (Å²) in [5.74, 6) is 1.93. The predicted octanol–water partition coefficient (Wildman–Crippen LogP) is 11.0. The summed E-state index contributed by atoms with van der Waals surface area (Å²) in [6, 6.07) is 54.5. The van der Waals surface area contributed by atoms with Crippen molar-refractivity contribution in [3.8, 4) is 39.9 Å². The third-order valence-electron chi connectivity index (χ3n) is 9.22. The van der Waals surface area contributed by atoms with Gasteiger partial charge >= 0.3 is 0 Å². The van der Waals surface area contributed by atoms with E-state index in [9.17, 15) is 0 Å². The van der Waals surface area contributed by atoms with E-state index in [1.165, 1.54) is 16.2 Å². The van der Waals surface area contributed by atoms with Gasteiger partial charge in [0.05, 0.1) is 11.0 Å². The third-order valence-corrected chi connectivity index (χ3v) is 9.22. The molecule has 0 unspecified atom stereocenters. The number of benzene rings is 7. The molecule has 48 heavy (non-hydrogen) atoms. The van der Waals surface area contributed by atoms with Gasteiger partial charge in [0.15, 0.2) is 17.5 Å². The van der Waals surface area contributed by atoms with Crippen molar-refractivity contribution < 1.29 is 4.42 Å². The molecule has 0 amide bonds. The van der Waals surface area contributed by atoms with Crippen LogP contribution in [0.2, 0.25) is 0 Å². The van der Waals surface area contributed by atoms with Crippen molar-refractivity contribution in [1.29, 1.82) is 0 Å². The molecule has 3 heterocycles. The Bertz CT molecular complexity index is 2760. The zero-order valence-corrected chi connectivity index (χ0v) is 25.7. The fraction of sp³-hybridized carbons (Fsp3) is 0. The first kappa shape index (κ1) is 26.6. The van der Waals surface area contributed by atoms with E-state index in [2.05, 4.69) is 102 Å². The predicted molar refractivity (Wildman–Crippen MR) is 195 cm³/mol. The molecule has 224 valence electrons. The van der Waals surface area contributed by atoms with E-state index >= 15 is 0 Å². The number of hydrogen-bond acceptors (Lipinski definition) is 4. The second-order valence-electron chi connectivity index (χ2n) is 12.1. The van der Waals surface area contributed by atoms with Crippen LogP contribution in [0, 0.1) is 0 Å². The van der Waals surface area contributed by atoms with Crippen molar-refractivity contribution in [2.45, 2.75) is 0 Å². The Morgan fingerprint density at radius 3 is 1.56 bits per heavy atom. The highest BCUT2D eigenvalue weighted by Gasteiger charge is 2.18. The van der Waals surface area contributed by atoms with Gasteiger partial charge in [0.1, 0.15) is 11.2 Å². The van der Waals surface area contributed by atoms with Crippen LogP contribution in [0.3, 0.4) is 0 Å². The highest BCUT2D eigenvalue weighted by atomic mass is 16.3. The Balaban J connectivity index is 1.14. The van der Waals surface area contributed by atoms with E-state index in [1.54, 1.807) is 0 Å². The van der Waals surface area contributed by atoms with Gasteiger partial charge in [-0.25, -0.2) is 15.0 Å². The van der Waals surface area contributed by atoms with Gasteiger partial charge in [-0.1, -0.05) is 103 Å². The van der Waals surface area contributed by atoms with Crippen LogP contribution >= 0.6 is 0 Å². The van der Waals surface area contributed by atoms with E-state index in [1.807, 2.05) is 60.7 Å². The van der Waals surface area contributed by atoms with E-state index in [0.717, 1.165) is 60.7 Å². The van der Waals surface area contributed by atoms with Crippen LogP contribution in [0.5, 0.6) is 0 Å². The van der Waals surface area contributed by atoms with Crippen LogP contribution in [-0.4, -0.2) is 19.5 Å². The van der Waals surface area contributed by atoms with Gasteiger partial charge in [0.2, 0.25) is 0 Å². The molecule has 0 aliphatic heterocycles. The van der Waals surface area contributed by atoms with Gasteiger partial charge in [-0.3, -0.25) is 0 Å². The molecule has 5 heteroatoms. The lowest BCUT2D eigenvalue weighted by Crippen LogP contribution is -2.00. The molecule has 0 saturated carbocycles. The summed E-state index contributed by atoms with van der Waals surface area (Å²) in [6.07, 6.45) is 0. The summed E-state index contributed by atoms with van der Waals surface area (Å²) in [7, 11) is 0. The molecule has 0 aliphatic carbocycles. The Labute approximate surface area is 275 Å². The second-order valence-corrected chi connectivity index (χ2v) is 12.1. The summed E-state index contributed by atoms with van der Waals surface area (Å²) in [5, 5.41) is 6.94. The lowest BCUT2D eigenvalue weighted by Gasteiger charge is -2.11. The summed E-state index contributed by atoms with van der Waals surface area (Å²) in [6.45, 7) is 0. The number of nitrogens with zero attached hydrogens (tertiary/aromatic N) is 4. The lowest BCUT2D eigenvalue weighted by molar-refractivity contribution is 0.670. The largest absolute Gasteiger partial charge is 0.456 e. The highest BCUT2D eigenvalue weighted by Crippen LogP contribution is 2.39. The van der Waals surface area contributed by atoms with E-state index in [-0.39, 0.29) is 0 Å². The fourth-order valence-electron chi connectivity index (χ4n) is 6.90. The van der Waals surface area contributed by atoms with Crippen molar-refractivity contribution in [3.05, 3.63) is 158 Å². The minimum atomic E-state index is 0.635. The molecule has 0 radical (unpaired) electrons. The Kier molecular flexibility index (Phi) is 5.81. The van der Waals surface area contributed by atoms with Crippen molar-refractivity contribution in [3.63, 3.8) is 0 Å². The number of fused-ring (bicyclic) bond motifs is 7. The molecule has 0 fully saturated rings. The number of furan rings is 1. The van der Waals surface area contributed by atoms with Crippen LogP contribution < -0.4 is 0 Å². The minimum absolute atomic E-state index is 0.635. The highest BCUT2D eigenvalue weighted by molar-refractivity contribution is 6.18. The van der Waals surface area contributed by atoms with Gasteiger partial charge in [-0.05, 0) is 65.4 Å². The van der Waals surface area contributed by atoms with Gasteiger partial charge < -0.3 is 8.98 Å². The monoisotopic (exact) mass is 614 g/mol. The smallest absolute Gasteiger partial charge is 0.164 e. The zero-order chi connectivity index (χ0) is 31.6. The quantitative estimate of drug-likeness (QED) is 0.198. The number of aromatic nitrogens is 4. The number of rotatable bonds is 4. The van der Waals surface area contributed by atoms with Crippen LogP contribution in [0.1, 0.15) is 0 Å². The Hall–Kier alpha value is -6.59. The van der Waals surface area contributed by atoms with E-state index in [4.69, 9.17) is 19.4 Å². The Morgan fingerprint density at radius 1 is 0.375 bits per heavy atom. The average molecular weight is 615 g/mol. The first-order valence-corrected chi connectivity index (χ1v) is 16.0. The topological polar surface area (TPSA) is 56.7 Å². The van der Waals surface area contributed by atoms with Gasteiger partial charge in [-0.15, -0.1) is 0 Å². The first-order valence-electron chi connectivity index (χ1n) is 16.0. The molecule has 0 spiro atoms. The second kappa shape index (κ2) is 10.5. The van der Waals surface area contributed by atoms with Gasteiger partial charge in [-0.2, -0.15) is 0 Å². The summed E-state index contributed by atoms with van der Waals surface area (Å²) >= 11 is 0. The van der Waals surface area contributed by atoms with Gasteiger partial charge in [0.25, 0.3) is 0 Å². The molecule has 3 aromatic heterocycles. The summed E-state index contributed by atoms with van der Waals surface area (Å²) in [5.41, 5.74) is 7.95. The molecular weight excluding hydrogens is 589 g/mol. The molecule has 7 aromatic carbocycles. The van der Waals surface area contributed by atoms with Crippen LogP contribution in [0.4, 0.5) is 0 Å². The maximum Gasteiger partial charge on any atom is 0.164 e. The number of para-hydroxylation sites is 1. The Morgan fingerprint density at radius 2 is 0.896 bits per heavy atom. The van der Waals surface area contributed by atoms with Gasteiger partial charge in [0, 0.05) is 43.9 Å².